The van der Waals surface area contributed by atoms with E-state index in [0.29, 0.717) is 5.75 Å². The molecule has 0 radical (unpaired) electrons. The van der Waals surface area contributed by atoms with E-state index in [0.717, 1.165) is 78.5 Å². The Morgan fingerprint density at radius 3 is 1.30 bits per heavy atom. The molecule has 0 unspecified atom stereocenters. The van der Waals surface area contributed by atoms with Gasteiger partial charge in [-0.1, -0.05) is 127 Å². The molecule has 2 heterocycles. The van der Waals surface area contributed by atoms with Gasteiger partial charge in [-0.05, 0) is 68.6 Å². The van der Waals surface area contributed by atoms with Crippen LogP contribution in [0.3, 0.4) is 0 Å². The SMILES string of the molecule is c1ccc(-c2cccc(Oc3cc4c5c(c3)Oc3cc(-c6ccccc6)ccc3B5c3ccc(-c5ccccc5)cc3O4)c2)cc1. The Labute approximate surface area is 268 Å². The van der Waals surface area contributed by atoms with Gasteiger partial charge in [-0.2, -0.15) is 0 Å². The summed E-state index contributed by atoms with van der Waals surface area (Å²) in [5, 5.41) is 0. The predicted octanol–water partition coefficient (Wildman–Crippen LogP) is 9.21. The first kappa shape index (κ1) is 26.4. The van der Waals surface area contributed by atoms with Crippen molar-refractivity contribution in [2.45, 2.75) is 0 Å². The van der Waals surface area contributed by atoms with E-state index in [1.54, 1.807) is 0 Å². The zero-order valence-electron chi connectivity index (χ0n) is 24.9. The van der Waals surface area contributed by atoms with Gasteiger partial charge in [0.2, 0.25) is 0 Å². The number of hydrogen-bond acceptors (Lipinski definition) is 3. The summed E-state index contributed by atoms with van der Waals surface area (Å²) in [5.74, 6) is 4.57. The first-order chi connectivity index (χ1) is 22.8. The van der Waals surface area contributed by atoms with E-state index in [4.69, 9.17) is 14.2 Å². The Morgan fingerprint density at radius 2 is 0.804 bits per heavy atom. The first-order valence-corrected chi connectivity index (χ1v) is 15.5. The Bertz CT molecular complexity index is 2120. The highest BCUT2D eigenvalue weighted by Crippen LogP contribution is 2.41. The fraction of sp³-hybridized carbons (Fsp3) is 0. The topological polar surface area (TPSA) is 27.7 Å². The maximum Gasteiger partial charge on any atom is 0.260 e. The van der Waals surface area contributed by atoms with Crippen molar-refractivity contribution in [2.24, 2.45) is 0 Å². The molecule has 0 aromatic heterocycles. The molecule has 0 saturated heterocycles. The third kappa shape index (κ3) is 4.63. The lowest BCUT2D eigenvalue weighted by Crippen LogP contribution is -2.57. The molecular formula is C42H27BO3. The van der Waals surface area contributed by atoms with Gasteiger partial charge in [0.15, 0.2) is 0 Å². The highest BCUT2D eigenvalue weighted by atomic mass is 16.5. The van der Waals surface area contributed by atoms with Gasteiger partial charge in [0, 0.05) is 17.6 Å². The largest absolute Gasteiger partial charge is 0.458 e. The molecule has 0 bridgehead atoms. The lowest BCUT2D eigenvalue weighted by molar-refractivity contribution is 0.443. The van der Waals surface area contributed by atoms with Crippen LogP contribution in [0.1, 0.15) is 0 Å². The molecule has 7 aromatic carbocycles. The summed E-state index contributed by atoms with van der Waals surface area (Å²) in [6.07, 6.45) is 0. The minimum atomic E-state index is -0.0393. The van der Waals surface area contributed by atoms with Gasteiger partial charge in [-0.25, -0.2) is 0 Å². The predicted molar refractivity (Wildman–Crippen MR) is 187 cm³/mol. The van der Waals surface area contributed by atoms with Crippen molar-refractivity contribution in [1.82, 2.24) is 0 Å². The van der Waals surface area contributed by atoms with Crippen LogP contribution in [0.5, 0.6) is 34.5 Å². The van der Waals surface area contributed by atoms with E-state index < -0.39 is 0 Å². The molecule has 0 atom stereocenters. The van der Waals surface area contributed by atoms with Gasteiger partial charge in [0.1, 0.15) is 34.5 Å². The van der Waals surface area contributed by atoms with Gasteiger partial charge < -0.3 is 14.2 Å². The minimum absolute atomic E-state index is 0.0393. The van der Waals surface area contributed by atoms with Crippen molar-refractivity contribution in [2.75, 3.05) is 0 Å². The number of fused-ring (bicyclic) bond motifs is 4. The molecule has 0 amide bonds. The normalized spacial score (nSPS) is 12.2. The zero-order chi connectivity index (χ0) is 30.5. The van der Waals surface area contributed by atoms with Crippen LogP contribution < -0.4 is 30.6 Å². The van der Waals surface area contributed by atoms with E-state index >= 15 is 0 Å². The maximum absolute atomic E-state index is 6.71. The third-order valence-electron chi connectivity index (χ3n) is 8.85. The van der Waals surface area contributed by atoms with Crippen molar-refractivity contribution >= 4 is 23.1 Å². The van der Waals surface area contributed by atoms with Gasteiger partial charge in [0.05, 0.1) is 0 Å². The molecule has 0 spiro atoms. The molecule has 46 heavy (non-hydrogen) atoms. The van der Waals surface area contributed by atoms with Crippen LogP contribution >= 0.6 is 0 Å². The van der Waals surface area contributed by atoms with E-state index in [-0.39, 0.29) is 6.71 Å². The Kier molecular flexibility index (Phi) is 6.24. The molecule has 2 aliphatic heterocycles. The smallest absolute Gasteiger partial charge is 0.260 e. The van der Waals surface area contributed by atoms with Crippen LogP contribution in [0, 0.1) is 0 Å². The van der Waals surface area contributed by atoms with Gasteiger partial charge >= 0.3 is 0 Å². The lowest BCUT2D eigenvalue weighted by Gasteiger charge is -2.33. The molecule has 3 nitrogen and oxygen atoms in total. The van der Waals surface area contributed by atoms with Gasteiger partial charge in [-0.15, -0.1) is 0 Å². The van der Waals surface area contributed by atoms with E-state index in [1.807, 2.05) is 54.6 Å². The molecule has 0 saturated carbocycles. The summed E-state index contributed by atoms with van der Waals surface area (Å²) in [6, 6.07) is 56.4. The number of benzene rings is 7. The van der Waals surface area contributed by atoms with Crippen LogP contribution in [-0.4, -0.2) is 6.71 Å². The Hall–Kier alpha value is -6.00. The summed E-state index contributed by atoms with van der Waals surface area (Å²) >= 11 is 0. The van der Waals surface area contributed by atoms with Crippen molar-refractivity contribution in [1.29, 1.82) is 0 Å². The Balaban J connectivity index is 1.17. The lowest BCUT2D eigenvalue weighted by atomic mass is 9.35. The molecule has 9 rings (SSSR count). The van der Waals surface area contributed by atoms with E-state index in [9.17, 15) is 0 Å². The Morgan fingerprint density at radius 1 is 0.348 bits per heavy atom. The standard InChI is InChI=1S/C42H27BO3/c1-4-11-28(12-5-1)31-17-10-18-34(23-31)44-35-26-40-42-41(27-35)46-39-25-33(30-15-8-3-9-16-30)20-22-37(39)43(42)36-21-19-32(24-38(36)45-40)29-13-6-2-7-14-29/h1-27H. The minimum Gasteiger partial charge on any atom is -0.458 e. The number of rotatable bonds is 5. The summed E-state index contributed by atoms with van der Waals surface area (Å²) in [5.41, 5.74) is 10.0. The van der Waals surface area contributed by atoms with Crippen LogP contribution in [0.15, 0.2) is 164 Å². The van der Waals surface area contributed by atoms with Crippen molar-refractivity contribution in [3.63, 3.8) is 0 Å². The van der Waals surface area contributed by atoms with Crippen LogP contribution in [-0.2, 0) is 0 Å². The quantitative estimate of drug-likeness (QED) is 0.187. The van der Waals surface area contributed by atoms with Gasteiger partial charge in [0.25, 0.3) is 6.71 Å². The molecule has 216 valence electrons. The third-order valence-corrected chi connectivity index (χ3v) is 8.85. The zero-order valence-corrected chi connectivity index (χ0v) is 24.9. The highest BCUT2D eigenvalue weighted by molar-refractivity contribution is 6.98. The molecule has 2 aliphatic rings. The molecule has 7 aromatic rings. The number of hydrogen-bond donors (Lipinski definition) is 0. The van der Waals surface area contributed by atoms with Crippen LogP contribution in [0.4, 0.5) is 0 Å². The average Bonchev–Trinajstić information content (AvgIpc) is 3.12. The molecular weight excluding hydrogens is 563 g/mol. The molecule has 0 N–H and O–H groups in total. The highest BCUT2D eigenvalue weighted by Gasteiger charge is 2.40. The van der Waals surface area contributed by atoms with Crippen molar-refractivity contribution < 1.29 is 14.2 Å². The fourth-order valence-corrected chi connectivity index (χ4v) is 6.65. The monoisotopic (exact) mass is 590 g/mol. The summed E-state index contributed by atoms with van der Waals surface area (Å²) in [7, 11) is 0. The second-order valence-electron chi connectivity index (χ2n) is 11.7. The summed E-state index contributed by atoms with van der Waals surface area (Å²) < 4.78 is 19.9. The van der Waals surface area contributed by atoms with E-state index in [2.05, 4.69) is 109 Å². The summed E-state index contributed by atoms with van der Waals surface area (Å²) in [6.45, 7) is -0.0393. The van der Waals surface area contributed by atoms with Crippen molar-refractivity contribution in [3.05, 3.63) is 164 Å². The second-order valence-corrected chi connectivity index (χ2v) is 11.7. The van der Waals surface area contributed by atoms with Crippen LogP contribution in [0.25, 0.3) is 33.4 Å². The fourth-order valence-electron chi connectivity index (χ4n) is 6.65. The summed E-state index contributed by atoms with van der Waals surface area (Å²) in [4.78, 5) is 0. The molecule has 0 fully saturated rings. The number of ether oxygens (including phenoxy) is 3. The maximum atomic E-state index is 6.71. The molecule has 0 aliphatic carbocycles. The van der Waals surface area contributed by atoms with E-state index in [1.165, 1.54) is 0 Å². The van der Waals surface area contributed by atoms with Crippen LogP contribution in [0.2, 0.25) is 0 Å². The van der Waals surface area contributed by atoms with Crippen molar-refractivity contribution in [3.8, 4) is 67.9 Å². The first-order valence-electron chi connectivity index (χ1n) is 15.5. The second kappa shape index (κ2) is 10.9. The average molecular weight is 590 g/mol. The van der Waals surface area contributed by atoms with Gasteiger partial charge in [-0.3, -0.25) is 0 Å². The molecule has 4 heteroatoms.